The molecular weight excluding hydrogens is 500 g/mol. The summed E-state index contributed by atoms with van der Waals surface area (Å²) in [6, 6.07) is 6.67. The number of aromatic nitrogens is 4. The Kier molecular flexibility index (Phi) is 7.03. The normalized spacial score (nSPS) is 22.9. The molecule has 0 aliphatic carbocycles. The van der Waals surface area contributed by atoms with Gasteiger partial charge in [0.2, 0.25) is 11.9 Å². The average Bonchev–Trinajstić information content (AvgIpc) is 3.53. The number of nitrogens with zero attached hydrogens (tertiary/aromatic N) is 4. The fourth-order valence-electron chi connectivity index (χ4n) is 4.65. The molecule has 0 radical (unpaired) electrons. The number of hydrogen-bond donors (Lipinski definition) is 5. The van der Waals surface area contributed by atoms with Crippen molar-refractivity contribution in [3.05, 3.63) is 52.1 Å². The van der Waals surface area contributed by atoms with Crippen molar-refractivity contribution >= 4 is 34.8 Å². The first-order chi connectivity index (χ1) is 18.3. The molecule has 38 heavy (non-hydrogen) atoms. The number of aliphatic hydroxyl groups excluding tert-OH is 3. The molecule has 2 aliphatic heterocycles. The summed E-state index contributed by atoms with van der Waals surface area (Å²) in [6.45, 7) is -0.264. The van der Waals surface area contributed by atoms with Gasteiger partial charge in [-0.3, -0.25) is 38.9 Å². The molecule has 0 saturated carbocycles. The van der Waals surface area contributed by atoms with Crippen LogP contribution in [-0.2, 0) is 9.53 Å². The van der Waals surface area contributed by atoms with Gasteiger partial charge in [-0.2, -0.15) is 4.98 Å². The number of carbonyl (C=O) groups is 3. The molecular formula is C24H26N6O8. The van der Waals surface area contributed by atoms with Crippen molar-refractivity contribution in [3.63, 3.8) is 0 Å². The van der Waals surface area contributed by atoms with E-state index in [1.807, 2.05) is 0 Å². The third-order valence-electron chi connectivity index (χ3n) is 6.65. The third-order valence-corrected chi connectivity index (χ3v) is 6.65. The predicted octanol–water partition coefficient (Wildman–Crippen LogP) is -0.474. The van der Waals surface area contributed by atoms with E-state index in [0.717, 1.165) is 0 Å². The maximum Gasteiger partial charge on any atom is 0.280 e. The number of aliphatic hydroxyl groups is 3. The minimum Gasteiger partial charge on any atom is -0.394 e. The van der Waals surface area contributed by atoms with Crippen LogP contribution in [0.2, 0.25) is 0 Å². The molecule has 3 amide bonds. The Balaban J connectivity index is 1.16. The molecule has 14 heteroatoms. The molecule has 14 nitrogen and oxygen atoms in total. The number of imide groups is 1. The van der Waals surface area contributed by atoms with E-state index >= 15 is 0 Å². The second-order valence-electron chi connectivity index (χ2n) is 9.13. The monoisotopic (exact) mass is 526 g/mol. The number of nitrogens with one attached hydrogen (secondary N) is 2. The molecule has 4 heterocycles. The molecule has 1 saturated heterocycles. The van der Waals surface area contributed by atoms with Crippen molar-refractivity contribution in [2.45, 2.75) is 50.2 Å². The lowest BCUT2D eigenvalue weighted by molar-refractivity contribution is -0.116. The van der Waals surface area contributed by atoms with Crippen molar-refractivity contribution < 1.29 is 34.4 Å². The number of amides is 3. The van der Waals surface area contributed by atoms with Crippen molar-refractivity contribution in [2.24, 2.45) is 0 Å². The Bertz CT molecular complexity index is 1420. The van der Waals surface area contributed by atoms with Crippen LogP contribution < -0.4 is 10.9 Å². The van der Waals surface area contributed by atoms with E-state index < -0.39 is 42.6 Å². The summed E-state index contributed by atoms with van der Waals surface area (Å²) in [7, 11) is 0. The van der Waals surface area contributed by atoms with Crippen LogP contribution in [0.4, 0.5) is 5.95 Å². The van der Waals surface area contributed by atoms with Gasteiger partial charge in [-0.1, -0.05) is 18.6 Å². The number of ether oxygens (including phenoxy) is 1. The molecule has 200 valence electrons. The number of unbranched alkanes of at least 4 members (excludes halogenated alkanes) is 2. The van der Waals surface area contributed by atoms with E-state index in [1.165, 1.54) is 15.8 Å². The van der Waals surface area contributed by atoms with Gasteiger partial charge in [0.15, 0.2) is 17.4 Å². The van der Waals surface area contributed by atoms with Gasteiger partial charge in [0.1, 0.15) is 18.3 Å². The highest BCUT2D eigenvalue weighted by molar-refractivity contribution is 6.21. The highest BCUT2D eigenvalue weighted by Gasteiger charge is 2.44. The number of imidazole rings is 1. The maximum atomic E-state index is 12.5. The quantitative estimate of drug-likeness (QED) is 0.179. The first-order valence-corrected chi connectivity index (χ1v) is 12.1. The number of H-pyrrole nitrogens is 1. The topological polar surface area (TPSA) is 200 Å². The van der Waals surface area contributed by atoms with Crippen molar-refractivity contribution in [1.29, 1.82) is 0 Å². The Morgan fingerprint density at radius 2 is 1.76 bits per heavy atom. The van der Waals surface area contributed by atoms with Crippen molar-refractivity contribution in [3.8, 4) is 0 Å². The summed E-state index contributed by atoms with van der Waals surface area (Å²) < 4.78 is 6.73. The second-order valence-corrected chi connectivity index (χ2v) is 9.13. The van der Waals surface area contributed by atoms with Gasteiger partial charge in [0.05, 0.1) is 24.1 Å². The molecule has 0 spiro atoms. The fraction of sp³-hybridized carbons (Fsp3) is 0.417. The van der Waals surface area contributed by atoms with Crippen LogP contribution in [0.1, 0.15) is 52.6 Å². The third kappa shape index (κ3) is 4.58. The van der Waals surface area contributed by atoms with E-state index in [1.54, 1.807) is 24.3 Å². The molecule has 1 aromatic carbocycles. The molecule has 2 aliphatic rings. The highest BCUT2D eigenvalue weighted by atomic mass is 16.6. The molecule has 0 unspecified atom stereocenters. The summed E-state index contributed by atoms with van der Waals surface area (Å²) in [4.78, 5) is 61.6. The largest absolute Gasteiger partial charge is 0.394 e. The maximum absolute atomic E-state index is 12.5. The Morgan fingerprint density at radius 3 is 2.42 bits per heavy atom. The molecule has 3 aromatic rings. The number of hydrogen-bond acceptors (Lipinski definition) is 10. The zero-order chi connectivity index (χ0) is 27.0. The van der Waals surface area contributed by atoms with Gasteiger partial charge in [0, 0.05) is 13.0 Å². The van der Waals surface area contributed by atoms with Gasteiger partial charge in [-0.25, -0.2) is 4.98 Å². The fourth-order valence-corrected chi connectivity index (χ4v) is 4.65. The first-order valence-electron chi connectivity index (χ1n) is 12.1. The molecule has 2 aromatic heterocycles. The number of rotatable bonds is 9. The molecule has 5 N–H and O–H groups in total. The smallest absolute Gasteiger partial charge is 0.280 e. The minimum atomic E-state index is -1.40. The number of fused-ring (bicyclic) bond motifs is 2. The van der Waals surface area contributed by atoms with Crippen LogP contribution in [-0.4, -0.2) is 88.9 Å². The van der Waals surface area contributed by atoms with Crippen LogP contribution in [0, 0.1) is 0 Å². The van der Waals surface area contributed by atoms with Crippen LogP contribution in [0.25, 0.3) is 11.2 Å². The first kappa shape index (κ1) is 25.7. The van der Waals surface area contributed by atoms with Gasteiger partial charge < -0.3 is 20.1 Å². The van der Waals surface area contributed by atoms with E-state index in [4.69, 9.17) is 4.74 Å². The van der Waals surface area contributed by atoms with Crippen LogP contribution in [0.5, 0.6) is 0 Å². The second kappa shape index (κ2) is 10.4. The summed E-state index contributed by atoms with van der Waals surface area (Å²) in [5, 5.41) is 32.2. The van der Waals surface area contributed by atoms with E-state index in [0.29, 0.717) is 30.4 Å². The van der Waals surface area contributed by atoms with E-state index in [2.05, 4.69) is 20.3 Å². The van der Waals surface area contributed by atoms with Gasteiger partial charge in [-0.15, -0.1) is 0 Å². The van der Waals surface area contributed by atoms with Crippen LogP contribution in [0.3, 0.4) is 0 Å². The lowest BCUT2D eigenvalue weighted by atomic mass is 10.1. The number of aromatic amines is 1. The molecule has 1 fully saturated rings. The zero-order valence-corrected chi connectivity index (χ0v) is 20.1. The lowest BCUT2D eigenvalue weighted by Gasteiger charge is -2.16. The van der Waals surface area contributed by atoms with Crippen LogP contribution >= 0.6 is 0 Å². The Morgan fingerprint density at radius 1 is 1.05 bits per heavy atom. The van der Waals surface area contributed by atoms with E-state index in [-0.39, 0.29) is 41.9 Å². The Labute approximate surface area is 214 Å². The van der Waals surface area contributed by atoms with Crippen LogP contribution in [0.15, 0.2) is 35.4 Å². The predicted molar refractivity (Wildman–Crippen MR) is 130 cm³/mol. The van der Waals surface area contributed by atoms with Gasteiger partial charge in [0.25, 0.3) is 17.4 Å². The standard InChI is InChI=1S/C24H26N6O8/c31-10-14-17(33)18(34)23(38-14)30-11-25-16-19(30)27-24(28-20(16)35)26-15(32)8-2-1-5-9-29-21(36)12-6-3-4-7-13(12)22(29)37/h3-4,6-7,11,14,17-18,23,31,33-34H,1-2,5,8-10H2,(H2,26,27,28,32,35)/t14-,17-,18-,23-/m1/s1. The summed E-state index contributed by atoms with van der Waals surface area (Å²) >= 11 is 0. The Hall–Kier alpha value is -3.98. The number of anilines is 1. The minimum absolute atomic E-state index is 0.0137. The number of benzene rings is 1. The van der Waals surface area contributed by atoms with Gasteiger partial charge >= 0.3 is 0 Å². The highest BCUT2D eigenvalue weighted by Crippen LogP contribution is 2.31. The van der Waals surface area contributed by atoms with Crippen molar-refractivity contribution in [1.82, 2.24) is 24.4 Å². The summed E-state index contributed by atoms with van der Waals surface area (Å²) in [5.74, 6) is -1.17. The van der Waals surface area contributed by atoms with Crippen molar-refractivity contribution in [2.75, 3.05) is 18.5 Å². The lowest BCUT2D eigenvalue weighted by Crippen LogP contribution is -2.33. The SMILES string of the molecule is O=C(CCCCCN1C(=O)c2ccccc2C1=O)Nc1nc2c(ncn2[C@@H]2O[C@H](CO)[C@@H](O)[C@H]2O)c(=O)[nH]1. The van der Waals surface area contributed by atoms with Gasteiger partial charge in [-0.05, 0) is 25.0 Å². The molecule has 0 bridgehead atoms. The van der Waals surface area contributed by atoms with E-state index in [9.17, 15) is 34.5 Å². The summed E-state index contributed by atoms with van der Waals surface area (Å²) in [6.07, 6.45) is -2.00. The number of carbonyl (C=O) groups excluding carboxylic acids is 3. The molecule has 4 atom stereocenters. The molecule has 5 rings (SSSR count). The zero-order valence-electron chi connectivity index (χ0n) is 20.1. The summed E-state index contributed by atoms with van der Waals surface area (Å²) in [5.41, 5.74) is 0.121. The average molecular weight is 527 g/mol.